The second kappa shape index (κ2) is 4.30. The fraction of sp³-hybridized carbons (Fsp3) is 0.0714. The third-order valence-electron chi connectivity index (χ3n) is 2.86. The van der Waals surface area contributed by atoms with Crippen LogP contribution in [0, 0.1) is 6.92 Å². The maximum absolute atomic E-state index is 6.31. The summed E-state index contributed by atoms with van der Waals surface area (Å²) in [4.78, 5) is 7.78. The highest BCUT2D eigenvalue weighted by Crippen LogP contribution is 2.32. The molecule has 0 aliphatic rings. The number of imidazole rings is 1. The van der Waals surface area contributed by atoms with Gasteiger partial charge in [0.05, 0.1) is 16.1 Å². The average molecular weight is 277 g/mol. The van der Waals surface area contributed by atoms with E-state index in [0.29, 0.717) is 10.0 Å². The number of aromatic nitrogens is 2. The van der Waals surface area contributed by atoms with E-state index in [1.807, 2.05) is 43.3 Å². The van der Waals surface area contributed by atoms with E-state index < -0.39 is 0 Å². The number of nitrogens with zero attached hydrogens (tertiary/aromatic N) is 1. The van der Waals surface area contributed by atoms with Crippen LogP contribution in [0.15, 0.2) is 36.4 Å². The molecule has 1 N–H and O–H groups in total. The minimum absolute atomic E-state index is 0.660. The number of H-pyrrole nitrogens is 1. The summed E-state index contributed by atoms with van der Waals surface area (Å²) in [6, 6.07) is 11.5. The third-order valence-corrected chi connectivity index (χ3v) is 3.58. The lowest BCUT2D eigenvalue weighted by Gasteiger charge is -2.05. The van der Waals surface area contributed by atoms with E-state index in [9.17, 15) is 0 Å². The summed E-state index contributed by atoms with van der Waals surface area (Å²) in [5.41, 5.74) is 3.68. The number of fused-ring (bicyclic) bond motifs is 1. The molecular formula is C14H10Cl2N2. The Bertz CT molecular complexity index is 699. The van der Waals surface area contributed by atoms with Crippen molar-refractivity contribution >= 4 is 34.2 Å². The van der Waals surface area contributed by atoms with E-state index in [1.165, 1.54) is 0 Å². The van der Waals surface area contributed by atoms with Gasteiger partial charge in [0.1, 0.15) is 5.82 Å². The molecule has 0 bridgehead atoms. The quantitative estimate of drug-likeness (QED) is 0.677. The van der Waals surface area contributed by atoms with Gasteiger partial charge < -0.3 is 4.98 Å². The van der Waals surface area contributed by atoms with Crippen molar-refractivity contribution in [3.8, 4) is 11.4 Å². The molecule has 1 heterocycles. The lowest BCUT2D eigenvalue weighted by Crippen LogP contribution is -1.85. The van der Waals surface area contributed by atoms with Gasteiger partial charge in [-0.2, -0.15) is 0 Å². The number of aryl methyl sites for hydroxylation is 1. The van der Waals surface area contributed by atoms with Gasteiger partial charge in [-0.05, 0) is 36.8 Å². The first-order chi connectivity index (χ1) is 8.65. The molecule has 2 aromatic carbocycles. The Labute approximate surface area is 115 Å². The predicted molar refractivity (Wildman–Crippen MR) is 76.3 cm³/mol. The Morgan fingerprint density at radius 1 is 1.11 bits per heavy atom. The summed E-state index contributed by atoms with van der Waals surface area (Å²) in [7, 11) is 0. The summed E-state index contributed by atoms with van der Waals surface area (Å²) in [5.74, 6) is 0.742. The summed E-state index contributed by atoms with van der Waals surface area (Å²) in [6.07, 6.45) is 0. The molecule has 0 spiro atoms. The van der Waals surface area contributed by atoms with Gasteiger partial charge in [0.15, 0.2) is 0 Å². The van der Waals surface area contributed by atoms with Crippen molar-refractivity contribution in [3.05, 3.63) is 52.0 Å². The molecule has 0 amide bonds. The number of rotatable bonds is 1. The molecule has 0 unspecified atom stereocenters. The summed E-state index contributed by atoms with van der Waals surface area (Å²) < 4.78 is 0. The Kier molecular flexibility index (Phi) is 2.77. The Balaban J connectivity index is 2.26. The lowest BCUT2D eigenvalue weighted by molar-refractivity contribution is 1.32. The van der Waals surface area contributed by atoms with E-state index >= 15 is 0 Å². The van der Waals surface area contributed by atoms with Crippen LogP contribution in [0.5, 0.6) is 0 Å². The van der Waals surface area contributed by atoms with Crippen LogP contribution in [0.3, 0.4) is 0 Å². The largest absolute Gasteiger partial charge is 0.338 e. The van der Waals surface area contributed by atoms with Crippen LogP contribution < -0.4 is 0 Å². The molecule has 90 valence electrons. The highest BCUT2D eigenvalue weighted by molar-refractivity contribution is 6.36. The highest BCUT2D eigenvalue weighted by Gasteiger charge is 2.11. The molecule has 0 aliphatic heterocycles. The fourth-order valence-electron chi connectivity index (χ4n) is 1.98. The standard InChI is InChI=1S/C14H10Cl2N2/c1-8-6-9(15)7-10(13(8)16)14-17-11-4-2-3-5-12(11)18-14/h2-7H,1H3,(H,17,18). The molecule has 0 atom stereocenters. The molecule has 0 aliphatic carbocycles. The van der Waals surface area contributed by atoms with Crippen LogP contribution >= 0.6 is 23.2 Å². The second-order valence-electron chi connectivity index (χ2n) is 4.19. The van der Waals surface area contributed by atoms with Gasteiger partial charge in [0, 0.05) is 10.6 Å². The molecule has 0 fully saturated rings. The topological polar surface area (TPSA) is 28.7 Å². The van der Waals surface area contributed by atoms with Crippen LogP contribution in [-0.4, -0.2) is 9.97 Å². The minimum atomic E-state index is 0.660. The van der Waals surface area contributed by atoms with Crippen LogP contribution in [-0.2, 0) is 0 Å². The van der Waals surface area contributed by atoms with E-state index in [1.54, 1.807) is 0 Å². The van der Waals surface area contributed by atoms with Gasteiger partial charge in [-0.15, -0.1) is 0 Å². The van der Waals surface area contributed by atoms with Crippen LogP contribution in [0.25, 0.3) is 22.4 Å². The molecule has 2 nitrogen and oxygen atoms in total. The lowest BCUT2D eigenvalue weighted by atomic mass is 10.1. The van der Waals surface area contributed by atoms with Crippen LogP contribution in [0.4, 0.5) is 0 Å². The van der Waals surface area contributed by atoms with Crippen LogP contribution in [0.1, 0.15) is 5.56 Å². The number of aromatic amines is 1. The van der Waals surface area contributed by atoms with Crippen LogP contribution in [0.2, 0.25) is 10.0 Å². The molecule has 0 saturated heterocycles. The summed E-state index contributed by atoms with van der Waals surface area (Å²) in [6.45, 7) is 1.93. The molecule has 4 heteroatoms. The maximum atomic E-state index is 6.31. The predicted octanol–water partition coefficient (Wildman–Crippen LogP) is 4.85. The van der Waals surface area contributed by atoms with Crippen molar-refractivity contribution in [1.29, 1.82) is 0 Å². The molecule has 0 radical (unpaired) electrons. The van der Waals surface area contributed by atoms with Crippen molar-refractivity contribution in [1.82, 2.24) is 9.97 Å². The first kappa shape index (κ1) is 11.6. The van der Waals surface area contributed by atoms with Crippen molar-refractivity contribution in [2.24, 2.45) is 0 Å². The first-order valence-electron chi connectivity index (χ1n) is 5.56. The number of benzene rings is 2. The maximum Gasteiger partial charge on any atom is 0.140 e. The van der Waals surface area contributed by atoms with Crippen molar-refractivity contribution in [2.45, 2.75) is 6.92 Å². The second-order valence-corrected chi connectivity index (χ2v) is 5.00. The fourth-order valence-corrected chi connectivity index (χ4v) is 2.45. The number of para-hydroxylation sites is 2. The number of hydrogen-bond acceptors (Lipinski definition) is 1. The number of hydrogen-bond donors (Lipinski definition) is 1. The van der Waals surface area contributed by atoms with E-state index in [0.717, 1.165) is 28.0 Å². The van der Waals surface area contributed by atoms with E-state index in [-0.39, 0.29) is 0 Å². The van der Waals surface area contributed by atoms with Gasteiger partial charge in [-0.3, -0.25) is 0 Å². The van der Waals surface area contributed by atoms with Gasteiger partial charge in [-0.25, -0.2) is 4.98 Å². The van der Waals surface area contributed by atoms with Crippen molar-refractivity contribution in [2.75, 3.05) is 0 Å². The average Bonchev–Trinajstić information content (AvgIpc) is 2.77. The number of halogens is 2. The van der Waals surface area contributed by atoms with E-state index in [2.05, 4.69) is 9.97 Å². The molecule has 1 aromatic heterocycles. The highest BCUT2D eigenvalue weighted by atomic mass is 35.5. The molecule has 3 aromatic rings. The van der Waals surface area contributed by atoms with Crippen molar-refractivity contribution in [3.63, 3.8) is 0 Å². The summed E-state index contributed by atoms with van der Waals surface area (Å²) in [5, 5.41) is 1.34. The van der Waals surface area contributed by atoms with Gasteiger partial charge in [-0.1, -0.05) is 35.3 Å². The number of nitrogens with one attached hydrogen (secondary N) is 1. The minimum Gasteiger partial charge on any atom is -0.338 e. The molecular weight excluding hydrogens is 267 g/mol. The molecule has 18 heavy (non-hydrogen) atoms. The van der Waals surface area contributed by atoms with Gasteiger partial charge in [0.25, 0.3) is 0 Å². The summed E-state index contributed by atoms with van der Waals surface area (Å²) >= 11 is 12.4. The zero-order valence-electron chi connectivity index (χ0n) is 9.67. The van der Waals surface area contributed by atoms with E-state index in [4.69, 9.17) is 23.2 Å². The van der Waals surface area contributed by atoms with Gasteiger partial charge >= 0.3 is 0 Å². The third kappa shape index (κ3) is 1.88. The normalized spacial score (nSPS) is 11.1. The molecule has 3 rings (SSSR count). The monoisotopic (exact) mass is 276 g/mol. The first-order valence-corrected chi connectivity index (χ1v) is 6.31. The zero-order chi connectivity index (χ0) is 12.7. The zero-order valence-corrected chi connectivity index (χ0v) is 11.2. The molecule has 0 saturated carbocycles. The Morgan fingerprint density at radius 3 is 2.67 bits per heavy atom. The van der Waals surface area contributed by atoms with Gasteiger partial charge in [0.2, 0.25) is 0 Å². The SMILES string of the molecule is Cc1cc(Cl)cc(-c2nc3ccccc3[nH]2)c1Cl. The van der Waals surface area contributed by atoms with Crippen molar-refractivity contribution < 1.29 is 0 Å². The smallest absolute Gasteiger partial charge is 0.140 e. The Morgan fingerprint density at radius 2 is 1.89 bits per heavy atom. The Hall–Kier alpha value is -1.51.